The van der Waals surface area contributed by atoms with Crippen molar-refractivity contribution in [2.75, 3.05) is 24.2 Å². The summed E-state index contributed by atoms with van der Waals surface area (Å²) in [4.78, 5) is 27.3. The number of hydrogen-bond acceptors (Lipinski definition) is 4. The second-order valence-electron chi connectivity index (χ2n) is 6.00. The first-order valence-electron chi connectivity index (χ1n) is 7.66. The smallest absolute Gasteiger partial charge is 0.254 e. The number of carbonyl (C=O) groups is 2. The van der Waals surface area contributed by atoms with E-state index in [-0.39, 0.29) is 17.9 Å². The molecular weight excluding hydrogens is 298 g/mol. The number of anilines is 1. The van der Waals surface area contributed by atoms with Crippen molar-refractivity contribution in [3.8, 4) is 0 Å². The molecule has 22 heavy (non-hydrogen) atoms. The van der Waals surface area contributed by atoms with Crippen LogP contribution in [0.2, 0.25) is 0 Å². The molecule has 2 heterocycles. The molecule has 2 aliphatic heterocycles. The van der Waals surface area contributed by atoms with E-state index in [4.69, 9.17) is 5.73 Å². The van der Waals surface area contributed by atoms with Gasteiger partial charge in [-0.1, -0.05) is 0 Å². The van der Waals surface area contributed by atoms with Crippen molar-refractivity contribution in [1.29, 1.82) is 0 Å². The van der Waals surface area contributed by atoms with E-state index in [9.17, 15) is 9.59 Å². The summed E-state index contributed by atoms with van der Waals surface area (Å²) in [6.07, 6.45) is 1.46. The van der Waals surface area contributed by atoms with E-state index in [0.717, 1.165) is 22.8 Å². The van der Waals surface area contributed by atoms with E-state index < -0.39 is 0 Å². The molecular formula is C16H21N3O2S. The van der Waals surface area contributed by atoms with E-state index in [1.54, 1.807) is 17.8 Å². The average molecular weight is 319 g/mol. The SMILES string of the molecule is CC1CC(CN)CN1C(=O)c1ccc2c(c1)NC(=O)CCS2. The first-order chi connectivity index (χ1) is 10.6. The Hall–Kier alpha value is -1.53. The van der Waals surface area contributed by atoms with Crippen LogP contribution >= 0.6 is 11.8 Å². The average Bonchev–Trinajstić information content (AvgIpc) is 2.78. The minimum Gasteiger partial charge on any atom is -0.336 e. The molecule has 2 amide bonds. The van der Waals surface area contributed by atoms with Crippen LogP contribution in [0.1, 0.15) is 30.1 Å². The Morgan fingerprint density at radius 2 is 2.32 bits per heavy atom. The lowest BCUT2D eigenvalue weighted by Crippen LogP contribution is -2.34. The predicted octanol–water partition coefficient (Wildman–Crippen LogP) is 1.93. The first kappa shape index (κ1) is 15.4. The number of carbonyl (C=O) groups excluding carboxylic acids is 2. The number of likely N-dealkylation sites (tertiary alicyclic amines) is 1. The van der Waals surface area contributed by atoms with Gasteiger partial charge in [-0.2, -0.15) is 0 Å². The van der Waals surface area contributed by atoms with Gasteiger partial charge in [0.25, 0.3) is 5.91 Å². The van der Waals surface area contributed by atoms with Crippen LogP contribution < -0.4 is 11.1 Å². The quantitative estimate of drug-likeness (QED) is 0.873. The van der Waals surface area contributed by atoms with Crippen LogP contribution in [0.25, 0.3) is 0 Å². The molecule has 0 radical (unpaired) electrons. The maximum absolute atomic E-state index is 12.7. The van der Waals surface area contributed by atoms with Gasteiger partial charge >= 0.3 is 0 Å². The summed E-state index contributed by atoms with van der Waals surface area (Å²) in [5, 5.41) is 2.89. The lowest BCUT2D eigenvalue weighted by molar-refractivity contribution is -0.115. The highest BCUT2D eigenvalue weighted by molar-refractivity contribution is 7.99. The Morgan fingerprint density at radius 3 is 3.05 bits per heavy atom. The molecule has 1 aromatic rings. The van der Waals surface area contributed by atoms with Gasteiger partial charge in [0.05, 0.1) is 5.69 Å². The van der Waals surface area contributed by atoms with E-state index in [1.165, 1.54) is 0 Å². The zero-order chi connectivity index (χ0) is 15.7. The standard InChI is InChI=1S/C16H21N3O2S/c1-10-6-11(8-17)9-19(10)16(21)12-2-3-14-13(7-12)18-15(20)4-5-22-14/h2-3,7,10-11H,4-6,8-9,17H2,1H3,(H,18,20). The third-order valence-electron chi connectivity index (χ3n) is 4.34. The minimum atomic E-state index is 0.00795. The van der Waals surface area contributed by atoms with Crippen LogP contribution in [0.15, 0.2) is 23.1 Å². The molecule has 0 aliphatic carbocycles. The third-order valence-corrected chi connectivity index (χ3v) is 5.42. The zero-order valence-electron chi connectivity index (χ0n) is 12.7. The molecule has 118 valence electrons. The topological polar surface area (TPSA) is 75.4 Å². The van der Waals surface area contributed by atoms with E-state index in [2.05, 4.69) is 12.2 Å². The van der Waals surface area contributed by atoms with Crippen molar-refractivity contribution in [2.24, 2.45) is 11.7 Å². The molecule has 3 rings (SSSR count). The summed E-state index contributed by atoms with van der Waals surface area (Å²) in [6, 6.07) is 5.80. The van der Waals surface area contributed by atoms with Gasteiger partial charge in [-0.3, -0.25) is 9.59 Å². The Morgan fingerprint density at radius 1 is 1.50 bits per heavy atom. The van der Waals surface area contributed by atoms with Crippen LogP contribution in [0, 0.1) is 5.92 Å². The molecule has 5 nitrogen and oxygen atoms in total. The molecule has 3 N–H and O–H groups in total. The van der Waals surface area contributed by atoms with Gasteiger partial charge in [0.2, 0.25) is 5.91 Å². The number of thioether (sulfide) groups is 1. The number of hydrogen-bond donors (Lipinski definition) is 2. The summed E-state index contributed by atoms with van der Waals surface area (Å²) >= 11 is 1.65. The Bertz CT molecular complexity index is 605. The highest BCUT2D eigenvalue weighted by atomic mass is 32.2. The summed E-state index contributed by atoms with van der Waals surface area (Å²) in [5.41, 5.74) is 7.11. The highest BCUT2D eigenvalue weighted by Gasteiger charge is 2.32. The fourth-order valence-electron chi connectivity index (χ4n) is 3.11. The van der Waals surface area contributed by atoms with Crippen molar-refractivity contribution in [2.45, 2.75) is 30.7 Å². The number of nitrogens with one attached hydrogen (secondary N) is 1. The van der Waals surface area contributed by atoms with Gasteiger partial charge in [-0.25, -0.2) is 0 Å². The number of benzene rings is 1. The van der Waals surface area contributed by atoms with Gasteiger partial charge in [0.15, 0.2) is 0 Å². The molecule has 6 heteroatoms. The van der Waals surface area contributed by atoms with Crippen molar-refractivity contribution < 1.29 is 9.59 Å². The van der Waals surface area contributed by atoms with Gasteiger partial charge in [-0.05, 0) is 44.0 Å². The zero-order valence-corrected chi connectivity index (χ0v) is 13.5. The molecule has 0 saturated carbocycles. The molecule has 0 bridgehead atoms. The van der Waals surface area contributed by atoms with Crippen LogP contribution in [-0.4, -0.2) is 41.6 Å². The van der Waals surface area contributed by atoms with Crippen molar-refractivity contribution in [3.63, 3.8) is 0 Å². The lowest BCUT2D eigenvalue weighted by Gasteiger charge is -2.22. The second-order valence-corrected chi connectivity index (χ2v) is 7.14. The molecule has 1 aromatic carbocycles. The van der Waals surface area contributed by atoms with E-state index in [1.807, 2.05) is 17.0 Å². The molecule has 2 atom stereocenters. The summed E-state index contributed by atoms with van der Waals surface area (Å²) in [6.45, 7) is 3.40. The third kappa shape index (κ3) is 2.98. The van der Waals surface area contributed by atoms with E-state index >= 15 is 0 Å². The van der Waals surface area contributed by atoms with Crippen molar-refractivity contribution >= 4 is 29.3 Å². The van der Waals surface area contributed by atoms with E-state index in [0.29, 0.717) is 31.0 Å². The molecule has 2 aliphatic rings. The summed E-state index contributed by atoms with van der Waals surface area (Å²) < 4.78 is 0. The largest absolute Gasteiger partial charge is 0.336 e. The fourth-order valence-corrected chi connectivity index (χ4v) is 4.05. The normalized spacial score (nSPS) is 24.6. The minimum absolute atomic E-state index is 0.00795. The second kappa shape index (κ2) is 6.30. The van der Waals surface area contributed by atoms with Gasteiger partial charge in [-0.15, -0.1) is 11.8 Å². The summed E-state index contributed by atoms with van der Waals surface area (Å²) in [5.74, 6) is 1.19. The number of nitrogens with zero attached hydrogens (tertiary/aromatic N) is 1. The van der Waals surface area contributed by atoms with Crippen LogP contribution in [0.5, 0.6) is 0 Å². The van der Waals surface area contributed by atoms with Gasteiger partial charge in [0, 0.05) is 35.2 Å². The molecule has 0 spiro atoms. The van der Waals surface area contributed by atoms with Gasteiger partial charge in [0.1, 0.15) is 0 Å². The maximum atomic E-state index is 12.7. The number of amides is 2. The lowest BCUT2D eigenvalue weighted by atomic mass is 10.1. The predicted molar refractivity (Wildman–Crippen MR) is 88.1 cm³/mol. The molecule has 1 fully saturated rings. The first-order valence-corrected chi connectivity index (χ1v) is 8.64. The van der Waals surface area contributed by atoms with Gasteiger partial charge < -0.3 is 16.0 Å². The Balaban J connectivity index is 1.83. The van der Waals surface area contributed by atoms with Crippen LogP contribution in [-0.2, 0) is 4.79 Å². The monoisotopic (exact) mass is 319 g/mol. The maximum Gasteiger partial charge on any atom is 0.254 e. The van der Waals surface area contributed by atoms with Crippen LogP contribution in [0.3, 0.4) is 0 Å². The highest BCUT2D eigenvalue weighted by Crippen LogP contribution is 2.32. The van der Waals surface area contributed by atoms with Crippen LogP contribution in [0.4, 0.5) is 5.69 Å². The number of fused-ring (bicyclic) bond motifs is 1. The Kier molecular flexibility index (Phi) is 4.40. The van der Waals surface area contributed by atoms with Crippen molar-refractivity contribution in [3.05, 3.63) is 23.8 Å². The summed E-state index contributed by atoms with van der Waals surface area (Å²) in [7, 11) is 0. The fraction of sp³-hybridized carbons (Fsp3) is 0.500. The molecule has 2 unspecified atom stereocenters. The Labute approximate surface area is 134 Å². The van der Waals surface area contributed by atoms with Crippen molar-refractivity contribution in [1.82, 2.24) is 4.90 Å². The molecule has 0 aromatic heterocycles. The molecule has 1 saturated heterocycles. The number of rotatable bonds is 2. The number of nitrogens with two attached hydrogens (primary N) is 1.